The zero-order valence-corrected chi connectivity index (χ0v) is 33.2. The number of hydrogen-bond donors (Lipinski definition) is 0. The van der Waals surface area contributed by atoms with Crippen molar-refractivity contribution in [3.05, 3.63) is 231 Å². The first-order valence-corrected chi connectivity index (χ1v) is 23.6. The number of hydrogen-bond acceptors (Lipinski definition) is 3. The highest BCUT2D eigenvalue weighted by Gasteiger charge is 2.59. The van der Waals surface area contributed by atoms with Gasteiger partial charge >= 0.3 is 0 Å². The van der Waals surface area contributed by atoms with E-state index in [1.807, 2.05) is 0 Å². The van der Waals surface area contributed by atoms with Gasteiger partial charge in [0, 0.05) is 22.7 Å². The lowest BCUT2D eigenvalue weighted by molar-refractivity contribution is 0.632. The minimum atomic E-state index is -3.18. The summed E-state index contributed by atoms with van der Waals surface area (Å²) in [7, 11) is -6.35. The second-order valence-corrected chi connectivity index (χ2v) is 22.1. The van der Waals surface area contributed by atoms with Gasteiger partial charge in [-0.3, -0.25) is 0 Å². The summed E-state index contributed by atoms with van der Waals surface area (Å²) < 4.78 is 8.24. The first-order chi connectivity index (χ1) is 28.3. The molecule has 0 saturated carbocycles. The molecule has 9 aromatic rings. The van der Waals surface area contributed by atoms with Crippen LogP contribution >= 0.6 is 0 Å². The first-order valence-electron chi connectivity index (χ1n) is 19.6. The maximum atomic E-state index is 8.24. The highest BCUT2D eigenvalue weighted by atomic mass is 28.3. The van der Waals surface area contributed by atoms with Crippen molar-refractivity contribution >= 4 is 92.2 Å². The van der Waals surface area contributed by atoms with Crippen LogP contribution in [0.15, 0.2) is 235 Å². The molecule has 57 heavy (non-hydrogen) atoms. The summed E-state index contributed by atoms with van der Waals surface area (Å²) in [6, 6.07) is 84.7. The zero-order valence-electron chi connectivity index (χ0n) is 31.2. The lowest BCUT2D eigenvalue weighted by Gasteiger charge is -2.44. The third-order valence-corrected chi connectivity index (χ3v) is 21.2. The van der Waals surface area contributed by atoms with Crippen LogP contribution in [0.3, 0.4) is 0 Å². The van der Waals surface area contributed by atoms with Crippen LogP contribution in [-0.2, 0) is 0 Å². The molecule has 0 atom stereocenters. The minimum Gasteiger partial charge on any atom is -0.469 e. The Morgan fingerprint density at radius 3 is 0.860 bits per heavy atom. The van der Waals surface area contributed by atoms with E-state index in [9.17, 15) is 0 Å². The Labute approximate surface area is 335 Å². The Balaban J connectivity index is 1.41. The van der Waals surface area contributed by atoms with Crippen LogP contribution in [0.25, 0.3) is 0 Å². The normalized spacial score (nSPS) is 14.5. The molecule has 2 aliphatic heterocycles. The Morgan fingerprint density at radius 1 is 0.281 bits per heavy atom. The van der Waals surface area contributed by atoms with Crippen molar-refractivity contribution in [1.29, 1.82) is 0 Å². The van der Waals surface area contributed by atoms with E-state index >= 15 is 0 Å². The summed E-state index contributed by atoms with van der Waals surface area (Å²) in [5.74, 6) is 0. The van der Waals surface area contributed by atoms with Gasteiger partial charge in [-0.05, 0) is 67.5 Å². The van der Waals surface area contributed by atoms with Crippen LogP contribution < -0.4 is 51.7 Å². The summed E-state index contributed by atoms with van der Waals surface area (Å²) in [4.78, 5) is 5.01. The van der Waals surface area contributed by atoms with E-state index in [4.69, 9.17) is 4.42 Å². The molecule has 0 spiro atoms. The monoisotopic (exact) mass is 762 g/mol. The number of fused-ring (bicyclic) bond motifs is 5. The van der Waals surface area contributed by atoms with Gasteiger partial charge in [0.2, 0.25) is 16.1 Å². The van der Waals surface area contributed by atoms with Crippen molar-refractivity contribution in [2.45, 2.75) is 0 Å². The Hall–Kier alpha value is -6.93. The molecule has 8 aromatic carbocycles. The average molecular weight is 763 g/mol. The van der Waals surface area contributed by atoms with Crippen molar-refractivity contribution < 1.29 is 4.42 Å². The number of anilines is 6. The molecule has 3 heterocycles. The quantitative estimate of drug-likeness (QED) is 0.163. The maximum Gasteiger partial charge on any atom is 0.228 e. The zero-order chi connectivity index (χ0) is 37.8. The molecule has 11 rings (SSSR count). The summed E-state index contributed by atoms with van der Waals surface area (Å²) in [5.41, 5.74) is 6.76. The van der Waals surface area contributed by atoms with Crippen molar-refractivity contribution in [2.24, 2.45) is 0 Å². The molecule has 0 saturated heterocycles. The third-order valence-electron chi connectivity index (χ3n) is 11.9. The lowest BCUT2D eigenvalue weighted by atomic mass is 10.1. The van der Waals surface area contributed by atoms with E-state index < -0.39 is 16.1 Å². The Bertz CT molecular complexity index is 2570. The van der Waals surface area contributed by atoms with Crippen molar-refractivity contribution in [3.8, 4) is 0 Å². The summed E-state index contributed by atoms with van der Waals surface area (Å²) in [6.07, 6.45) is 0. The number of furan rings is 1. The minimum absolute atomic E-state index is 1.05. The average Bonchev–Trinajstić information content (AvgIpc) is 3.69. The standard InChI is InChI=1S/C52H38N2OSi2/c1-7-23-39(24-8-1)53-45-35-19-21-37-47(45)56(41-27-11-3-12-28-41,42-29-13-4-14-30-42)51-49(53)50-52(55-51)57(43-31-15-5-16-32-43,44-33-17-6-18-34-44)48-38-22-20-36-46(48)54(50)40-25-9-2-10-26-40/h1-38H. The Kier molecular flexibility index (Phi) is 7.84. The second-order valence-electron chi connectivity index (χ2n) is 14.8. The van der Waals surface area contributed by atoms with Gasteiger partial charge in [0.05, 0.1) is 0 Å². The number of nitrogens with zero attached hydrogens (tertiary/aromatic N) is 2. The fourth-order valence-corrected chi connectivity index (χ4v) is 19.6. The molecule has 3 nitrogen and oxygen atoms in total. The largest absolute Gasteiger partial charge is 0.469 e. The van der Waals surface area contributed by atoms with Gasteiger partial charge < -0.3 is 14.2 Å². The molecule has 0 amide bonds. The second kappa shape index (κ2) is 13.4. The Morgan fingerprint density at radius 2 is 0.544 bits per heavy atom. The van der Waals surface area contributed by atoms with Crippen molar-refractivity contribution in [3.63, 3.8) is 0 Å². The van der Waals surface area contributed by atoms with E-state index in [1.54, 1.807) is 0 Å². The third kappa shape index (κ3) is 4.76. The predicted octanol–water partition coefficient (Wildman–Crippen LogP) is 7.60. The molecular formula is C52H38N2OSi2. The van der Waals surface area contributed by atoms with E-state index in [1.165, 1.54) is 42.5 Å². The molecule has 0 aliphatic carbocycles. The van der Waals surface area contributed by atoms with Crippen molar-refractivity contribution in [2.75, 3.05) is 9.80 Å². The predicted molar refractivity (Wildman–Crippen MR) is 242 cm³/mol. The van der Waals surface area contributed by atoms with Crippen LogP contribution in [0.5, 0.6) is 0 Å². The smallest absolute Gasteiger partial charge is 0.228 e. The van der Waals surface area contributed by atoms with E-state index in [0.717, 1.165) is 33.5 Å². The molecule has 0 radical (unpaired) electrons. The summed E-state index contributed by atoms with van der Waals surface area (Å²) in [5, 5.41) is 9.87. The fourth-order valence-electron chi connectivity index (χ4n) is 9.72. The molecule has 2 aliphatic rings. The van der Waals surface area contributed by atoms with Gasteiger partial charge in [-0.15, -0.1) is 0 Å². The van der Waals surface area contributed by atoms with E-state index in [-0.39, 0.29) is 0 Å². The number of rotatable bonds is 6. The van der Waals surface area contributed by atoms with E-state index in [2.05, 4.69) is 240 Å². The maximum absolute atomic E-state index is 8.24. The van der Waals surface area contributed by atoms with Gasteiger partial charge in [0.1, 0.15) is 22.1 Å². The van der Waals surface area contributed by atoms with Crippen LogP contribution in [-0.4, -0.2) is 16.1 Å². The van der Waals surface area contributed by atoms with Crippen LogP contribution in [0.4, 0.5) is 34.1 Å². The molecule has 5 heteroatoms. The van der Waals surface area contributed by atoms with E-state index in [0.29, 0.717) is 0 Å². The molecule has 0 N–H and O–H groups in total. The van der Waals surface area contributed by atoms with Crippen LogP contribution in [0.2, 0.25) is 0 Å². The molecule has 270 valence electrons. The molecule has 0 fully saturated rings. The highest BCUT2D eigenvalue weighted by molar-refractivity contribution is 7.23. The first kappa shape index (κ1) is 33.4. The van der Waals surface area contributed by atoms with Gasteiger partial charge in [-0.25, -0.2) is 0 Å². The summed E-state index contributed by atoms with van der Waals surface area (Å²) >= 11 is 0. The molecule has 0 unspecified atom stereocenters. The number of benzene rings is 8. The van der Waals surface area contributed by atoms with Gasteiger partial charge in [-0.2, -0.15) is 0 Å². The van der Waals surface area contributed by atoms with Crippen molar-refractivity contribution in [1.82, 2.24) is 0 Å². The van der Waals surface area contributed by atoms with Gasteiger partial charge in [-0.1, -0.05) is 194 Å². The lowest BCUT2D eigenvalue weighted by Crippen LogP contribution is -2.78. The topological polar surface area (TPSA) is 19.6 Å². The van der Waals surface area contributed by atoms with Gasteiger partial charge in [0.25, 0.3) is 0 Å². The molecule has 1 aromatic heterocycles. The SMILES string of the molecule is c1ccc(N2c3ccccc3[Si](c3ccccc3)(c3ccccc3)c3oc4c(c32)N(c2ccccc2)c2ccccc2[Si]4(c2ccccc2)c2ccccc2)cc1. The fraction of sp³-hybridized carbons (Fsp3) is 0. The van der Waals surface area contributed by atoms with Crippen LogP contribution in [0.1, 0.15) is 0 Å². The number of para-hydroxylation sites is 4. The highest BCUT2D eigenvalue weighted by Crippen LogP contribution is 2.49. The van der Waals surface area contributed by atoms with Gasteiger partial charge in [0.15, 0.2) is 0 Å². The summed E-state index contributed by atoms with van der Waals surface area (Å²) in [6.45, 7) is 0. The van der Waals surface area contributed by atoms with Crippen LogP contribution in [0, 0.1) is 0 Å². The molecule has 0 bridgehead atoms. The molecular weight excluding hydrogens is 725 g/mol.